The van der Waals surface area contributed by atoms with E-state index in [1.807, 2.05) is 18.2 Å². The van der Waals surface area contributed by atoms with E-state index >= 15 is 0 Å². The first-order chi connectivity index (χ1) is 19.0. The summed E-state index contributed by atoms with van der Waals surface area (Å²) in [6.07, 6.45) is 2.50. The van der Waals surface area contributed by atoms with Crippen LogP contribution in [0.1, 0.15) is 47.2 Å². The molecule has 1 amide bonds. The number of carbonyl (C=O) groups excluding carboxylic acids is 1. The summed E-state index contributed by atoms with van der Waals surface area (Å²) in [5.41, 5.74) is 1.71. The van der Waals surface area contributed by atoms with Gasteiger partial charge < -0.3 is 5.32 Å². The van der Waals surface area contributed by atoms with Crippen molar-refractivity contribution >= 4 is 42.9 Å². The highest BCUT2D eigenvalue weighted by molar-refractivity contribution is 7.93. The Morgan fingerprint density at radius 3 is 2.40 bits per heavy atom. The molecule has 210 valence electrons. The Morgan fingerprint density at radius 2 is 1.75 bits per heavy atom. The third-order valence-corrected chi connectivity index (χ3v) is 12.3. The van der Waals surface area contributed by atoms with Crippen molar-refractivity contribution in [1.82, 2.24) is 5.32 Å². The van der Waals surface area contributed by atoms with E-state index in [9.17, 15) is 21.8 Å². The van der Waals surface area contributed by atoms with Crippen LogP contribution in [0.15, 0.2) is 71.6 Å². The van der Waals surface area contributed by atoms with Crippen molar-refractivity contribution in [2.45, 2.75) is 48.6 Å². The summed E-state index contributed by atoms with van der Waals surface area (Å²) < 4.78 is 64.4. The third-order valence-electron chi connectivity index (χ3n) is 8.44. The van der Waals surface area contributed by atoms with Gasteiger partial charge in [-0.05, 0) is 91.3 Å². The highest BCUT2D eigenvalue weighted by Gasteiger charge is 2.60. The minimum absolute atomic E-state index is 0.00999. The molecule has 1 atom stereocenters. The zero-order valence-corrected chi connectivity index (χ0v) is 24.0. The van der Waals surface area contributed by atoms with Gasteiger partial charge in [-0.25, -0.2) is 17.0 Å². The van der Waals surface area contributed by atoms with Gasteiger partial charge in [-0.15, -0.1) is 0 Å². The molecule has 2 heterocycles. The van der Waals surface area contributed by atoms with E-state index in [0.717, 1.165) is 36.1 Å². The Morgan fingerprint density at radius 1 is 1.07 bits per heavy atom. The van der Waals surface area contributed by atoms with Gasteiger partial charge in [0.05, 0.1) is 16.6 Å². The quantitative estimate of drug-likeness (QED) is 0.390. The van der Waals surface area contributed by atoms with E-state index in [1.165, 1.54) is 16.4 Å². The number of nitrogens with one attached hydrogen (secondary N) is 2. The van der Waals surface area contributed by atoms with Crippen molar-refractivity contribution in [2.75, 3.05) is 15.8 Å². The topological polar surface area (TPSA) is 107 Å². The lowest BCUT2D eigenvalue weighted by molar-refractivity contribution is 0.0950. The van der Waals surface area contributed by atoms with Crippen molar-refractivity contribution in [3.63, 3.8) is 0 Å². The number of hydrogen-bond donors (Lipinski definition) is 2. The molecule has 7 nitrogen and oxygen atoms in total. The molecule has 0 bridgehead atoms. The molecule has 40 heavy (non-hydrogen) atoms. The van der Waals surface area contributed by atoms with Crippen molar-refractivity contribution in [1.29, 1.82) is 4.78 Å². The number of sulfonamides is 1. The normalized spacial score (nSPS) is 26.1. The fraction of sp³-hybridized carbons (Fsp3) is 0.345. The predicted octanol–water partition coefficient (Wildman–Crippen LogP) is 5.47. The molecule has 2 aliphatic heterocycles. The van der Waals surface area contributed by atoms with Crippen molar-refractivity contribution in [3.8, 4) is 0 Å². The average Bonchev–Trinajstić information content (AvgIpc) is 3.73. The molecule has 3 aliphatic rings. The van der Waals surface area contributed by atoms with Crippen molar-refractivity contribution < 1.29 is 21.8 Å². The minimum Gasteiger partial charge on any atom is -0.348 e. The van der Waals surface area contributed by atoms with Gasteiger partial charge in [0.2, 0.25) is 0 Å². The summed E-state index contributed by atoms with van der Waals surface area (Å²) in [7, 11) is -6.84. The lowest BCUT2D eigenvalue weighted by atomic mass is 9.70. The second-order valence-electron chi connectivity index (χ2n) is 10.9. The van der Waals surface area contributed by atoms with E-state index in [2.05, 4.69) is 5.32 Å². The number of benzene rings is 3. The molecule has 11 heteroatoms. The summed E-state index contributed by atoms with van der Waals surface area (Å²) in [4.78, 5) is 13.3. The van der Waals surface area contributed by atoms with Crippen LogP contribution in [-0.2, 0) is 31.7 Å². The van der Waals surface area contributed by atoms with Gasteiger partial charge in [-0.1, -0.05) is 29.8 Å². The fourth-order valence-electron chi connectivity index (χ4n) is 6.26. The maximum atomic E-state index is 14.1. The maximum Gasteiger partial charge on any atom is 0.264 e. The third kappa shape index (κ3) is 4.69. The van der Waals surface area contributed by atoms with Gasteiger partial charge in [0.25, 0.3) is 15.9 Å². The summed E-state index contributed by atoms with van der Waals surface area (Å²) >= 11 is 6.25. The molecule has 3 aromatic carbocycles. The zero-order valence-electron chi connectivity index (χ0n) is 21.6. The summed E-state index contributed by atoms with van der Waals surface area (Å²) in [5, 5.41) is 3.45. The van der Waals surface area contributed by atoms with E-state index < -0.39 is 37.0 Å². The summed E-state index contributed by atoms with van der Waals surface area (Å²) in [6.45, 7) is 0.234. The largest absolute Gasteiger partial charge is 0.348 e. The SMILES string of the molecule is N=S1(=O)CCC2(CC1)c1cc(C(=O)NCc3ccccc3Cl)ccc1N(S(=O)(=O)c1ccc(F)cc1)C2C1CC1. The summed E-state index contributed by atoms with van der Waals surface area (Å²) in [6, 6.07) is 16.7. The van der Waals surface area contributed by atoms with Crippen LogP contribution in [0.3, 0.4) is 0 Å². The van der Waals surface area contributed by atoms with Gasteiger partial charge >= 0.3 is 0 Å². The molecule has 2 N–H and O–H groups in total. The second-order valence-corrected chi connectivity index (χ2v) is 15.6. The Hall–Kier alpha value is -2.95. The van der Waals surface area contributed by atoms with Gasteiger partial charge in [-0.3, -0.25) is 13.9 Å². The highest BCUT2D eigenvalue weighted by atomic mass is 35.5. The lowest BCUT2D eigenvalue weighted by Gasteiger charge is -2.42. The van der Waals surface area contributed by atoms with E-state index in [1.54, 1.807) is 24.3 Å². The van der Waals surface area contributed by atoms with Crippen LogP contribution in [-0.4, -0.2) is 36.1 Å². The molecule has 0 aromatic heterocycles. The number of anilines is 1. The number of fused-ring (bicyclic) bond motifs is 2. The Kier molecular flexibility index (Phi) is 6.71. The first-order valence-electron chi connectivity index (χ1n) is 13.2. The van der Waals surface area contributed by atoms with E-state index in [0.29, 0.717) is 29.1 Å². The maximum absolute atomic E-state index is 14.1. The molecule has 6 rings (SSSR count). The fourth-order valence-corrected chi connectivity index (χ4v) is 9.85. The van der Waals surface area contributed by atoms with E-state index in [-0.39, 0.29) is 34.8 Å². The van der Waals surface area contributed by atoms with E-state index in [4.69, 9.17) is 16.4 Å². The second kappa shape index (κ2) is 9.85. The van der Waals surface area contributed by atoms with Gasteiger partial charge in [0.1, 0.15) is 5.82 Å². The van der Waals surface area contributed by atoms with Crippen molar-refractivity contribution in [3.05, 3.63) is 94.3 Å². The molecule has 1 unspecified atom stereocenters. The van der Waals surface area contributed by atoms with Crippen LogP contribution in [0.4, 0.5) is 10.1 Å². The molecule has 1 saturated carbocycles. The van der Waals surface area contributed by atoms with Crippen LogP contribution in [0.5, 0.6) is 0 Å². The van der Waals surface area contributed by atoms with Gasteiger partial charge in [0.15, 0.2) is 0 Å². The van der Waals surface area contributed by atoms with Gasteiger partial charge in [0, 0.05) is 43.8 Å². The number of hydrogen-bond acceptors (Lipinski definition) is 5. The standard InChI is InChI=1S/C29H29ClFN3O4S2/c30-25-4-2-1-3-21(25)18-33-28(35)20-7-12-26-24(17-20)29(13-15-39(32,36)16-14-29)27(19-5-6-19)34(26)40(37,38)23-10-8-22(31)9-11-23/h1-4,7-12,17,19,27,32H,5-6,13-16,18H2,(H,33,35). The predicted molar refractivity (Wildman–Crippen MR) is 153 cm³/mol. The van der Waals surface area contributed by atoms with Crippen LogP contribution >= 0.6 is 11.6 Å². The monoisotopic (exact) mass is 601 g/mol. The molecular formula is C29H29ClFN3O4S2. The molecular weight excluding hydrogens is 573 g/mol. The van der Waals surface area contributed by atoms with Crippen LogP contribution in [0, 0.1) is 16.5 Å². The lowest BCUT2D eigenvalue weighted by Crippen LogP contribution is -2.52. The van der Waals surface area contributed by atoms with Gasteiger partial charge in [-0.2, -0.15) is 0 Å². The number of nitrogens with zero attached hydrogens (tertiary/aromatic N) is 1. The zero-order chi connectivity index (χ0) is 28.3. The van der Waals surface area contributed by atoms with Crippen molar-refractivity contribution in [2.24, 2.45) is 5.92 Å². The molecule has 0 radical (unpaired) electrons. The minimum atomic E-state index is -4.08. The molecule has 1 aliphatic carbocycles. The molecule has 1 spiro atoms. The molecule has 1 saturated heterocycles. The average molecular weight is 602 g/mol. The number of carbonyl (C=O) groups is 1. The molecule has 2 fully saturated rings. The Labute approximate surface area is 238 Å². The number of rotatable bonds is 6. The Balaban J connectivity index is 1.43. The number of amides is 1. The summed E-state index contributed by atoms with van der Waals surface area (Å²) in [5.74, 6) is -0.409. The number of halogens is 2. The smallest absolute Gasteiger partial charge is 0.264 e. The molecule has 3 aromatic rings. The van der Waals surface area contributed by atoms with Crippen LogP contribution in [0.2, 0.25) is 5.02 Å². The Bertz CT molecular complexity index is 1690. The first kappa shape index (κ1) is 27.2. The highest BCUT2D eigenvalue weighted by Crippen LogP contribution is 2.59. The van der Waals surface area contributed by atoms with Crippen LogP contribution in [0.25, 0.3) is 0 Å². The van der Waals surface area contributed by atoms with Crippen LogP contribution < -0.4 is 9.62 Å². The first-order valence-corrected chi connectivity index (χ1v) is 16.9.